The summed E-state index contributed by atoms with van der Waals surface area (Å²) < 4.78 is 41.6. The van der Waals surface area contributed by atoms with Gasteiger partial charge in [0.05, 0.1) is 22.9 Å². The quantitative estimate of drug-likeness (QED) is 0.314. The number of halogens is 4. The zero-order chi connectivity index (χ0) is 35.4. The zero-order valence-corrected chi connectivity index (χ0v) is 28.8. The molecule has 2 aromatic carbocycles. The third-order valence-electron chi connectivity index (χ3n) is 10.7. The van der Waals surface area contributed by atoms with Gasteiger partial charge in [-0.15, -0.1) is 11.6 Å². The molecule has 2 saturated heterocycles. The lowest BCUT2D eigenvalue weighted by Gasteiger charge is -2.39. The number of para-hydroxylation sites is 1. The van der Waals surface area contributed by atoms with Crippen LogP contribution in [0.1, 0.15) is 49.7 Å². The summed E-state index contributed by atoms with van der Waals surface area (Å²) >= 11 is 6.26. The van der Waals surface area contributed by atoms with E-state index in [0.717, 1.165) is 43.0 Å². The molecule has 0 spiro atoms. The Morgan fingerprint density at radius 2 is 1.58 bits per heavy atom. The SMILES string of the molecule is NC1C(C(F)(F)F)=CC(C[C@@H](CC(=O)N2CCC(N3CCc4ccccc4NC3=O)CC2)C(=O)N2CCC(Cc3ccccc3)CC2)=CC1Cl. The van der Waals surface area contributed by atoms with Crippen LogP contribution in [0.3, 0.4) is 0 Å². The molecular weight excluding hydrogens is 667 g/mol. The number of fused-ring (bicyclic) bond motifs is 1. The van der Waals surface area contributed by atoms with Crippen molar-refractivity contribution < 1.29 is 27.6 Å². The summed E-state index contributed by atoms with van der Waals surface area (Å²) in [7, 11) is 0. The van der Waals surface area contributed by atoms with Crippen molar-refractivity contribution in [1.29, 1.82) is 0 Å². The van der Waals surface area contributed by atoms with E-state index in [2.05, 4.69) is 17.4 Å². The molecule has 0 radical (unpaired) electrons. The maximum absolute atomic E-state index is 14.1. The number of nitrogens with two attached hydrogens (primary N) is 1. The third-order valence-corrected chi connectivity index (χ3v) is 11.1. The standard InChI is InChI=1S/C38H45ClF3N5O3/c39-32-23-27(22-31(35(32)43)38(40,41)42)21-29(36(49)46-15-10-26(11-16-46)20-25-6-2-1-3-7-25)24-34(48)45-17-13-30(14-18-45)47-19-12-28-8-4-5-9-33(28)44-37(47)50/h1-9,22-23,26,29-30,32,35H,10-21,24,43H2,(H,44,50)/t29-,32?,35?/m0/s1. The topological polar surface area (TPSA) is 99.0 Å². The maximum Gasteiger partial charge on any atom is 0.414 e. The highest BCUT2D eigenvalue weighted by molar-refractivity contribution is 6.22. The van der Waals surface area contributed by atoms with Crippen molar-refractivity contribution in [1.82, 2.24) is 14.7 Å². The molecule has 8 nitrogen and oxygen atoms in total. The Labute approximate surface area is 296 Å². The van der Waals surface area contributed by atoms with Crippen LogP contribution in [-0.2, 0) is 22.4 Å². The van der Waals surface area contributed by atoms with E-state index in [9.17, 15) is 27.6 Å². The van der Waals surface area contributed by atoms with Crippen LogP contribution in [0, 0.1) is 11.8 Å². The van der Waals surface area contributed by atoms with E-state index < -0.39 is 29.1 Å². The Morgan fingerprint density at radius 1 is 0.920 bits per heavy atom. The average molecular weight is 712 g/mol. The molecule has 0 aromatic heterocycles. The molecule has 6 rings (SSSR count). The van der Waals surface area contributed by atoms with Gasteiger partial charge in [-0.25, -0.2) is 4.79 Å². The van der Waals surface area contributed by atoms with Crippen LogP contribution < -0.4 is 11.1 Å². The third kappa shape index (κ3) is 8.54. The van der Waals surface area contributed by atoms with Gasteiger partial charge in [-0.2, -0.15) is 13.2 Å². The van der Waals surface area contributed by atoms with Crippen molar-refractivity contribution in [3.8, 4) is 0 Å². The average Bonchev–Trinajstić information content (AvgIpc) is 3.27. The number of amides is 4. The fourth-order valence-corrected chi connectivity index (χ4v) is 8.12. The van der Waals surface area contributed by atoms with Gasteiger partial charge in [-0.1, -0.05) is 54.6 Å². The number of likely N-dealkylation sites (tertiary alicyclic amines) is 2. The minimum absolute atomic E-state index is 0.0360. The summed E-state index contributed by atoms with van der Waals surface area (Å²) in [5.74, 6) is -0.879. The largest absolute Gasteiger partial charge is 0.414 e. The predicted molar refractivity (Wildman–Crippen MR) is 187 cm³/mol. The summed E-state index contributed by atoms with van der Waals surface area (Å²) in [6, 6.07) is 16.4. The number of rotatable bonds is 8. The first-order valence-corrected chi connectivity index (χ1v) is 18.0. The number of alkyl halides is 4. The number of benzene rings is 2. The van der Waals surface area contributed by atoms with Crippen LogP contribution in [0.25, 0.3) is 0 Å². The van der Waals surface area contributed by atoms with Crippen LogP contribution in [0.15, 0.2) is 77.9 Å². The molecule has 12 heteroatoms. The van der Waals surface area contributed by atoms with Gasteiger partial charge < -0.3 is 25.8 Å². The molecule has 268 valence electrons. The number of carbonyl (C=O) groups is 3. The van der Waals surface area contributed by atoms with Gasteiger partial charge in [0, 0.05) is 50.9 Å². The lowest BCUT2D eigenvalue weighted by molar-refractivity contribution is -0.142. The fraction of sp³-hybridized carbons (Fsp3) is 0.500. The van der Waals surface area contributed by atoms with Gasteiger partial charge in [0.1, 0.15) is 0 Å². The summed E-state index contributed by atoms with van der Waals surface area (Å²) in [6.45, 7) is 2.48. The molecule has 3 N–H and O–H groups in total. The van der Waals surface area contributed by atoms with Crippen LogP contribution in [0.5, 0.6) is 0 Å². The fourth-order valence-electron chi connectivity index (χ4n) is 7.82. The highest BCUT2D eigenvalue weighted by Gasteiger charge is 2.42. The van der Waals surface area contributed by atoms with E-state index in [1.807, 2.05) is 47.4 Å². The first-order chi connectivity index (χ1) is 24.0. The van der Waals surface area contributed by atoms with Gasteiger partial charge in [-0.05, 0) is 79.7 Å². The molecule has 1 aliphatic carbocycles. The monoisotopic (exact) mass is 711 g/mol. The first-order valence-electron chi connectivity index (χ1n) is 17.6. The molecule has 0 saturated carbocycles. The minimum Gasteiger partial charge on any atom is -0.343 e. The predicted octanol–water partition coefficient (Wildman–Crippen LogP) is 6.31. The number of hydrogen-bond acceptors (Lipinski definition) is 4. The van der Waals surface area contributed by atoms with Gasteiger partial charge >= 0.3 is 12.2 Å². The van der Waals surface area contributed by atoms with E-state index in [0.29, 0.717) is 51.5 Å². The van der Waals surface area contributed by atoms with Crippen LogP contribution >= 0.6 is 11.6 Å². The van der Waals surface area contributed by atoms with Gasteiger partial charge in [0.15, 0.2) is 0 Å². The molecule has 3 aliphatic heterocycles. The maximum atomic E-state index is 14.1. The molecule has 4 amide bonds. The first kappa shape index (κ1) is 36.0. The molecule has 0 bridgehead atoms. The number of nitrogens with one attached hydrogen (secondary N) is 1. The Bertz CT molecular complexity index is 1600. The van der Waals surface area contributed by atoms with Crippen LogP contribution in [0.2, 0.25) is 0 Å². The summed E-state index contributed by atoms with van der Waals surface area (Å²) in [4.78, 5) is 46.3. The van der Waals surface area contributed by atoms with E-state index in [4.69, 9.17) is 17.3 Å². The van der Waals surface area contributed by atoms with Crippen LogP contribution in [0.4, 0.5) is 23.7 Å². The minimum atomic E-state index is -4.67. The second-order valence-corrected chi connectivity index (χ2v) is 14.5. The molecular formula is C38H45ClF3N5O3. The Hall–Kier alpha value is -3.83. The molecule has 2 fully saturated rings. The number of allylic oxidation sites excluding steroid dienone is 2. The van der Waals surface area contributed by atoms with Crippen molar-refractivity contribution >= 4 is 35.1 Å². The number of nitrogens with zero attached hydrogens (tertiary/aromatic N) is 3. The number of carbonyl (C=O) groups excluding carboxylic acids is 3. The second-order valence-electron chi connectivity index (χ2n) is 14.0. The zero-order valence-electron chi connectivity index (χ0n) is 28.1. The molecule has 3 heterocycles. The smallest absolute Gasteiger partial charge is 0.343 e. The summed E-state index contributed by atoms with van der Waals surface area (Å²) in [6.07, 6.45) is 2.09. The van der Waals surface area contributed by atoms with E-state index in [1.54, 1.807) is 9.80 Å². The lowest BCUT2D eigenvalue weighted by atomic mass is 9.86. The molecule has 3 atom stereocenters. The molecule has 50 heavy (non-hydrogen) atoms. The van der Waals surface area contributed by atoms with Crippen molar-refractivity contribution in [3.63, 3.8) is 0 Å². The van der Waals surface area contributed by atoms with Gasteiger partial charge in [0.2, 0.25) is 11.8 Å². The number of piperidine rings is 2. The summed E-state index contributed by atoms with van der Waals surface area (Å²) in [5, 5.41) is 1.92. The number of urea groups is 1. The normalized spacial score (nSPS) is 23.0. The Balaban J connectivity index is 1.11. The van der Waals surface area contributed by atoms with Crippen molar-refractivity contribution in [3.05, 3.63) is 89.0 Å². The second kappa shape index (κ2) is 15.6. The Morgan fingerprint density at radius 3 is 2.28 bits per heavy atom. The van der Waals surface area contributed by atoms with E-state index in [1.165, 1.54) is 11.6 Å². The van der Waals surface area contributed by atoms with Gasteiger partial charge in [-0.3, -0.25) is 9.59 Å². The highest BCUT2D eigenvalue weighted by Crippen LogP contribution is 2.37. The highest BCUT2D eigenvalue weighted by atomic mass is 35.5. The summed E-state index contributed by atoms with van der Waals surface area (Å²) in [5.41, 5.74) is 8.27. The van der Waals surface area contributed by atoms with Crippen molar-refractivity contribution in [2.75, 3.05) is 38.0 Å². The van der Waals surface area contributed by atoms with E-state index >= 15 is 0 Å². The molecule has 2 unspecified atom stereocenters. The Kier molecular flexibility index (Phi) is 11.2. The van der Waals surface area contributed by atoms with Gasteiger partial charge in [0.25, 0.3) is 0 Å². The van der Waals surface area contributed by atoms with Crippen molar-refractivity contribution in [2.24, 2.45) is 17.6 Å². The molecule has 2 aromatic rings. The van der Waals surface area contributed by atoms with Crippen LogP contribution in [-0.4, -0.2) is 88.9 Å². The lowest BCUT2D eigenvalue weighted by Crippen LogP contribution is -2.50. The number of anilines is 1. The van der Waals surface area contributed by atoms with Crippen molar-refractivity contribution in [2.45, 2.75) is 75.0 Å². The van der Waals surface area contributed by atoms with E-state index in [-0.39, 0.29) is 42.3 Å². The number of hydrogen-bond donors (Lipinski definition) is 2. The molecule has 4 aliphatic rings.